The van der Waals surface area contributed by atoms with E-state index in [1.165, 1.54) is 51.6 Å². The molecule has 6 aromatic rings. The Bertz CT molecular complexity index is 4860. The van der Waals surface area contributed by atoms with E-state index in [1.54, 1.807) is 59.7 Å². The zero-order valence-electron chi connectivity index (χ0n) is 73.3. The van der Waals surface area contributed by atoms with Crippen LogP contribution in [0.4, 0.5) is 0 Å². The van der Waals surface area contributed by atoms with Gasteiger partial charge in [-0.15, -0.1) is 46.7 Å². The first kappa shape index (κ1) is 103. The van der Waals surface area contributed by atoms with Crippen LogP contribution >= 0.6 is 124 Å². The minimum absolute atomic E-state index is 0.0190. The minimum atomic E-state index is -1.80. The van der Waals surface area contributed by atoms with E-state index >= 15 is 9.59 Å². The predicted molar refractivity (Wildman–Crippen MR) is 507 cm³/mol. The SMILES string of the molecule is CO[C@@H]1[C@H](O)[C@H](I)[C@@H](O[C@H]2[C@@H](OC(C)=O)[C@@H](C)O[C@@H](Oc3cc(OCOCc4ccccc4)c4c(O)c5c(cc4c3)C[C@@H]([C@H](OC)C(=O)[C@H]3OC4(CCCC4)O[C@@H]3C)[C@H](O[C@@H]3O[C@H](CBr)[C@@H](OC(=O)CCl)[C@H](O[C@@H]4O[C@H](CBr)[C@@H](OC(=O)CCl)[C@H](O[C@@H]6O[C@@H](C)[C@H](OC(=O)C(C)C)[C@@](C)(O)[C@H]6I)[C@H]4Sc4ccccc4)[C@H]3Sc3ccccc3)C5=O)[C@@H]2[Se]c2ccccc2)O[C@@H]1C. The molecule has 38 heteroatoms. The summed E-state index contributed by atoms with van der Waals surface area (Å²) < 4.78 is 133. The van der Waals surface area contributed by atoms with Gasteiger partial charge in [-0.3, -0.25) is 19.2 Å². The molecule has 0 bridgehead atoms. The van der Waals surface area contributed by atoms with Crippen molar-refractivity contribution >= 4 is 189 Å². The van der Waals surface area contributed by atoms with Gasteiger partial charge < -0.3 is 52.5 Å². The van der Waals surface area contributed by atoms with Crippen LogP contribution in [-0.2, 0) is 122 Å². The molecule has 6 saturated heterocycles. The number of alkyl halides is 6. The molecule has 8 aliphatic rings. The number of carbonyl (C=O) groups excluding carboxylic acids is 6. The first-order chi connectivity index (χ1) is 62.9. The van der Waals surface area contributed by atoms with Gasteiger partial charge in [0.15, 0.2) is 43.0 Å². The molecule has 3 N–H and O–H groups in total. The Morgan fingerprint density at radius 2 is 1.19 bits per heavy atom. The summed E-state index contributed by atoms with van der Waals surface area (Å²) in [7, 11) is 2.85. The van der Waals surface area contributed by atoms with E-state index in [9.17, 15) is 34.5 Å². The molecule has 1 saturated carbocycles. The van der Waals surface area contributed by atoms with Crippen molar-refractivity contribution in [1.29, 1.82) is 0 Å². The summed E-state index contributed by atoms with van der Waals surface area (Å²) in [6.07, 6.45) is -25.0. The normalized spacial score (nSPS) is 34.3. The molecule has 0 amide bonds. The van der Waals surface area contributed by atoms with Crippen LogP contribution in [0.3, 0.4) is 0 Å². The van der Waals surface area contributed by atoms with Crippen LogP contribution < -0.4 is 13.9 Å². The molecule has 131 heavy (non-hydrogen) atoms. The van der Waals surface area contributed by atoms with E-state index in [0.29, 0.717) is 22.6 Å². The fourth-order valence-corrected chi connectivity index (χ4v) is 25.7. The van der Waals surface area contributed by atoms with E-state index in [1.807, 2.05) is 144 Å². The van der Waals surface area contributed by atoms with Crippen molar-refractivity contribution < 1.29 is 139 Å². The molecule has 2 aliphatic carbocycles. The molecule has 6 aliphatic heterocycles. The summed E-state index contributed by atoms with van der Waals surface area (Å²) in [5.41, 5.74) is -0.965. The Kier molecular flexibility index (Phi) is 36.2. The Morgan fingerprint density at radius 3 is 1.76 bits per heavy atom. The van der Waals surface area contributed by atoms with E-state index in [2.05, 4.69) is 54.5 Å². The van der Waals surface area contributed by atoms with Crippen molar-refractivity contribution in [3.63, 3.8) is 0 Å². The van der Waals surface area contributed by atoms with E-state index < -0.39 is 262 Å². The number of aliphatic hydroxyl groups excluding tert-OH is 1. The van der Waals surface area contributed by atoms with Crippen LogP contribution in [0.15, 0.2) is 149 Å². The van der Waals surface area contributed by atoms with Crippen molar-refractivity contribution in [2.45, 2.75) is 280 Å². The average molecular weight is 2320 g/mol. The second-order valence-electron chi connectivity index (χ2n) is 33.9. The number of thioether (sulfide) groups is 2. The van der Waals surface area contributed by atoms with Crippen LogP contribution in [0, 0.1) is 11.8 Å². The van der Waals surface area contributed by atoms with Gasteiger partial charge in [0.2, 0.25) is 0 Å². The fraction of sp³-hybridized carbons (Fsp3) is 0.570. The number of carbonyl (C=O) groups is 6. The Labute approximate surface area is 829 Å². The van der Waals surface area contributed by atoms with Crippen LogP contribution in [0.5, 0.6) is 17.2 Å². The number of halogens is 6. The number of ketones is 2. The summed E-state index contributed by atoms with van der Waals surface area (Å²) in [5.74, 6) is -8.86. The number of hydrogen-bond acceptors (Lipinski definition) is 31. The van der Waals surface area contributed by atoms with E-state index in [-0.39, 0.29) is 57.1 Å². The molecule has 29 nitrogen and oxygen atoms in total. The van der Waals surface area contributed by atoms with Gasteiger partial charge in [0.1, 0.15) is 47.9 Å². The zero-order valence-corrected chi connectivity index (χ0v) is 85.7. The topological polar surface area (TPSA) is 348 Å². The van der Waals surface area contributed by atoms with Crippen LogP contribution in [0.25, 0.3) is 10.8 Å². The molecular weight excluding hydrogens is 2210 g/mol. The first-order valence-electron chi connectivity index (χ1n) is 43.4. The number of phenolic OH excluding ortho intramolecular Hbond substituents is 1. The Balaban J connectivity index is 0.895. The van der Waals surface area contributed by atoms with Gasteiger partial charge >= 0.3 is 374 Å². The molecule has 30 atom stereocenters. The van der Waals surface area contributed by atoms with Crippen LogP contribution in [-0.4, -0.2) is 280 Å². The number of esters is 4. The standard InChI is InChI=1S/C93H108Br2Cl2I2O29S2Se/c1-45(2)86(107)126-85-49(6)115-91(84(99)92(85,8)108)124-79-77(121-63(102)42-97)61(40-95)119-89(82(79)130-56-29-19-13-20-30-56)123-78-76(120-62(101)41-96)60(39-94)118-88(81(78)129-55-27-17-12-18-28-55)122-75-58(74(110-10)70(106)72-48(5)127-93(128-72)33-23-24-34-93)37-53-35-52-36-54(38-59(64(52)67(103)65(53)68(75)104)112-44-111-43-51-25-15-11-16-26-51)117-90-83(131-57-31-21-14-22-32-57)80(73(47(4)114-90)116-50(7)100)125-87-66(98)69(105)71(109-9)46(3)113-87/h11-22,25-32,35-36,38,45-49,58,60-61,66,69,71-85,87-91,103,105,108H,23-24,33-34,37,39-44H2,1-10H3/t46-,47-,48-,49+,58+,60-,61-,66+,69-,71+,72+,73+,74+,75+,76-,77-,78+,79+,80+,81-,82-,83-,84+,85+,87-,88+,89+,90+,91+,92+/m1/s1. The zero-order chi connectivity index (χ0) is 93.4. The van der Waals surface area contributed by atoms with E-state index in [4.69, 9.17) is 118 Å². The monoisotopic (exact) mass is 2310 g/mol. The van der Waals surface area contributed by atoms with Crippen molar-refractivity contribution in [3.05, 3.63) is 156 Å². The fourth-order valence-electron chi connectivity index (χ4n) is 18.1. The third-order valence-electron chi connectivity index (χ3n) is 24.3. The molecule has 1 spiro atoms. The number of phenols is 1. The van der Waals surface area contributed by atoms with Crippen molar-refractivity contribution in [2.75, 3.05) is 43.4 Å². The summed E-state index contributed by atoms with van der Waals surface area (Å²) in [6.45, 7) is 12.8. The van der Waals surface area contributed by atoms with Gasteiger partial charge in [0, 0.05) is 40.4 Å². The number of rotatable bonds is 35. The number of Topliss-reactive ketones (excluding diaryl/α,β-unsaturated/α-hetero) is 2. The second kappa shape index (κ2) is 46.2. The Hall–Kier alpha value is -4.22. The maximum absolute atomic E-state index is 17.1. The molecule has 6 heterocycles. The maximum atomic E-state index is 17.1. The van der Waals surface area contributed by atoms with Gasteiger partial charge in [-0.1, -0.05) is 123 Å². The number of benzene rings is 6. The average Bonchev–Trinajstić information content (AvgIpc) is 1.52. The number of fused-ring (bicyclic) bond motifs is 2. The van der Waals surface area contributed by atoms with Crippen LogP contribution in [0.1, 0.15) is 103 Å². The predicted octanol–water partition coefficient (Wildman–Crippen LogP) is 13.2. The summed E-state index contributed by atoms with van der Waals surface area (Å²) >= 11 is 25.9. The summed E-state index contributed by atoms with van der Waals surface area (Å²) in [4.78, 5) is 88.2. The van der Waals surface area contributed by atoms with E-state index in [0.717, 1.165) is 22.9 Å². The number of hydrogen-bond donors (Lipinski definition) is 3. The molecule has 14 rings (SSSR count). The summed E-state index contributed by atoms with van der Waals surface area (Å²) in [5, 5.41) is 35.6. The molecular formula is C93H108Br2Cl2I2O29S2Se. The first-order valence-corrected chi connectivity index (χ1v) is 52.8. The number of methoxy groups -OCH3 is 2. The van der Waals surface area contributed by atoms with Crippen LogP contribution in [0.2, 0.25) is 4.82 Å². The third-order valence-corrected chi connectivity index (χ3v) is 34.6. The van der Waals surface area contributed by atoms with Gasteiger partial charge in [-0.2, -0.15) is 0 Å². The van der Waals surface area contributed by atoms with Gasteiger partial charge in [-0.25, -0.2) is 0 Å². The molecule has 0 radical (unpaired) electrons. The van der Waals surface area contributed by atoms with Crippen molar-refractivity contribution in [3.8, 4) is 17.2 Å². The molecule has 7 fully saturated rings. The molecule has 714 valence electrons. The van der Waals surface area contributed by atoms with Crippen molar-refractivity contribution in [1.82, 2.24) is 0 Å². The van der Waals surface area contributed by atoms with Gasteiger partial charge in [-0.05, 0) is 57.9 Å². The summed E-state index contributed by atoms with van der Waals surface area (Å²) in [6, 6.07) is 42.2. The van der Waals surface area contributed by atoms with Gasteiger partial charge in [0.05, 0.1) is 32.6 Å². The molecule has 0 aromatic heterocycles. The quantitative estimate of drug-likeness (QED) is 0.00633. The Morgan fingerprint density at radius 1 is 0.641 bits per heavy atom. The van der Waals surface area contributed by atoms with Crippen molar-refractivity contribution in [2.24, 2.45) is 11.8 Å². The van der Waals surface area contributed by atoms with Gasteiger partial charge in [0.25, 0.3) is 0 Å². The molecule has 0 unspecified atom stereocenters. The number of aromatic hydroxyl groups is 1. The second-order valence-corrected chi connectivity index (χ2v) is 43.6. The third kappa shape index (κ3) is 23.6. The number of ether oxygens (including phenoxy) is 20. The molecule has 6 aromatic carbocycles. The number of aliphatic hydroxyl groups is 2.